The third-order valence-corrected chi connectivity index (χ3v) is 4.68. The quantitative estimate of drug-likeness (QED) is 0.906. The molecule has 1 aromatic carbocycles. The van der Waals surface area contributed by atoms with E-state index in [9.17, 15) is 9.59 Å². The van der Waals surface area contributed by atoms with Gasteiger partial charge in [0.1, 0.15) is 11.6 Å². The second-order valence-corrected chi connectivity index (χ2v) is 6.63. The van der Waals surface area contributed by atoms with Crippen molar-refractivity contribution < 1.29 is 9.53 Å². The van der Waals surface area contributed by atoms with Gasteiger partial charge in [-0.05, 0) is 43.5 Å². The fourth-order valence-electron chi connectivity index (χ4n) is 3.21. The van der Waals surface area contributed by atoms with Crippen LogP contribution in [0, 0.1) is 12.8 Å². The van der Waals surface area contributed by atoms with Crippen LogP contribution in [-0.4, -0.2) is 35.9 Å². The molecule has 1 aliphatic rings. The smallest absolute Gasteiger partial charge is 0.266 e. The van der Waals surface area contributed by atoms with Crippen LogP contribution in [0.15, 0.2) is 35.1 Å². The van der Waals surface area contributed by atoms with Crippen molar-refractivity contribution in [2.75, 3.05) is 30.4 Å². The third-order valence-electron chi connectivity index (χ3n) is 4.68. The highest BCUT2D eigenvalue weighted by atomic mass is 16.5. The third kappa shape index (κ3) is 3.87. The Balaban J connectivity index is 1.73. The van der Waals surface area contributed by atoms with Crippen LogP contribution in [0.5, 0.6) is 5.75 Å². The number of methoxy groups -OCH3 is 1. The Hall–Kier alpha value is -2.83. The van der Waals surface area contributed by atoms with Crippen molar-refractivity contribution in [1.29, 1.82) is 0 Å². The van der Waals surface area contributed by atoms with Gasteiger partial charge in [-0.25, -0.2) is 4.68 Å². The lowest BCUT2D eigenvalue weighted by Crippen LogP contribution is -2.41. The first-order valence-corrected chi connectivity index (χ1v) is 8.72. The molecule has 2 aromatic rings. The standard InChI is InChI=1S/C19H24N4O3/c1-13-6-7-16(26-3)15(11-13)20-19(25)14-5-4-10-23(12-14)17-8-9-18(24)22(2)21-17/h6-9,11,14H,4-5,10,12H2,1-3H3,(H,20,25)/t14-/m0/s1. The van der Waals surface area contributed by atoms with Gasteiger partial charge in [-0.1, -0.05) is 6.07 Å². The van der Waals surface area contributed by atoms with E-state index < -0.39 is 0 Å². The number of amides is 1. The molecule has 0 unspecified atom stereocenters. The predicted molar refractivity (Wildman–Crippen MR) is 101 cm³/mol. The molecular formula is C19H24N4O3. The van der Waals surface area contributed by atoms with Crippen LogP contribution in [0.2, 0.25) is 0 Å². The number of carbonyl (C=O) groups is 1. The van der Waals surface area contributed by atoms with Crippen molar-refractivity contribution in [3.63, 3.8) is 0 Å². The average Bonchev–Trinajstić information content (AvgIpc) is 2.64. The molecule has 0 bridgehead atoms. The first-order chi connectivity index (χ1) is 12.5. The van der Waals surface area contributed by atoms with Crippen LogP contribution in [0.3, 0.4) is 0 Å². The molecule has 1 N–H and O–H groups in total. The van der Waals surface area contributed by atoms with Crippen LogP contribution in [-0.2, 0) is 11.8 Å². The van der Waals surface area contributed by atoms with Gasteiger partial charge in [0.15, 0.2) is 0 Å². The lowest BCUT2D eigenvalue weighted by atomic mass is 9.97. The van der Waals surface area contributed by atoms with E-state index in [0.29, 0.717) is 18.0 Å². The van der Waals surface area contributed by atoms with Gasteiger partial charge < -0.3 is 15.0 Å². The van der Waals surface area contributed by atoms with E-state index in [1.54, 1.807) is 20.2 Å². The van der Waals surface area contributed by atoms with E-state index in [1.165, 1.54) is 10.7 Å². The fourth-order valence-corrected chi connectivity index (χ4v) is 3.21. The highest BCUT2D eigenvalue weighted by Crippen LogP contribution is 2.27. The summed E-state index contributed by atoms with van der Waals surface area (Å²) in [5.74, 6) is 1.20. The Bertz CT molecular complexity index is 862. The molecule has 1 aromatic heterocycles. The normalized spacial score (nSPS) is 17.0. The number of nitrogens with one attached hydrogen (secondary N) is 1. The maximum absolute atomic E-state index is 12.8. The number of anilines is 2. The molecule has 26 heavy (non-hydrogen) atoms. The number of benzene rings is 1. The number of carbonyl (C=O) groups excluding carboxylic acids is 1. The first-order valence-electron chi connectivity index (χ1n) is 8.72. The lowest BCUT2D eigenvalue weighted by molar-refractivity contribution is -0.120. The van der Waals surface area contributed by atoms with E-state index in [-0.39, 0.29) is 17.4 Å². The molecule has 138 valence electrons. The maximum Gasteiger partial charge on any atom is 0.266 e. The molecule has 1 fully saturated rings. The van der Waals surface area contributed by atoms with Gasteiger partial charge in [-0.2, -0.15) is 5.10 Å². The van der Waals surface area contributed by atoms with Crippen molar-refractivity contribution in [3.05, 3.63) is 46.2 Å². The molecule has 1 saturated heterocycles. The van der Waals surface area contributed by atoms with Crippen LogP contribution in [0.4, 0.5) is 11.5 Å². The molecule has 0 aliphatic carbocycles. The van der Waals surface area contributed by atoms with Crippen molar-refractivity contribution in [3.8, 4) is 5.75 Å². The fraction of sp³-hybridized carbons (Fsp3) is 0.421. The molecule has 0 radical (unpaired) electrons. The Labute approximate surface area is 152 Å². The van der Waals surface area contributed by atoms with Crippen LogP contribution in [0.1, 0.15) is 18.4 Å². The lowest BCUT2D eigenvalue weighted by Gasteiger charge is -2.32. The molecule has 0 spiro atoms. The average molecular weight is 356 g/mol. The highest BCUT2D eigenvalue weighted by Gasteiger charge is 2.27. The summed E-state index contributed by atoms with van der Waals surface area (Å²) < 4.78 is 6.65. The summed E-state index contributed by atoms with van der Waals surface area (Å²) in [4.78, 5) is 26.4. The zero-order valence-electron chi connectivity index (χ0n) is 15.4. The summed E-state index contributed by atoms with van der Waals surface area (Å²) in [5.41, 5.74) is 1.60. The Morgan fingerprint density at radius 3 is 2.85 bits per heavy atom. The second-order valence-electron chi connectivity index (χ2n) is 6.63. The summed E-state index contributed by atoms with van der Waals surface area (Å²) in [6.45, 7) is 3.37. The maximum atomic E-state index is 12.8. The van der Waals surface area contributed by atoms with Crippen LogP contribution >= 0.6 is 0 Å². The Morgan fingerprint density at radius 1 is 1.31 bits per heavy atom. The summed E-state index contributed by atoms with van der Waals surface area (Å²) in [7, 11) is 3.22. The summed E-state index contributed by atoms with van der Waals surface area (Å²) >= 11 is 0. The van der Waals surface area contributed by atoms with Gasteiger partial charge in [0, 0.05) is 26.2 Å². The molecule has 7 heteroatoms. The van der Waals surface area contributed by atoms with Crippen molar-refractivity contribution in [1.82, 2.24) is 9.78 Å². The minimum atomic E-state index is -0.147. The highest BCUT2D eigenvalue weighted by molar-refractivity contribution is 5.94. The number of aryl methyl sites for hydroxylation is 2. The SMILES string of the molecule is COc1ccc(C)cc1NC(=O)[C@H]1CCCN(c2ccc(=O)n(C)n2)C1. The van der Waals surface area contributed by atoms with E-state index >= 15 is 0 Å². The van der Waals surface area contributed by atoms with E-state index in [4.69, 9.17) is 4.74 Å². The molecule has 1 atom stereocenters. The summed E-state index contributed by atoms with van der Waals surface area (Å²) in [5, 5.41) is 7.29. The van der Waals surface area contributed by atoms with E-state index in [1.807, 2.05) is 25.1 Å². The minimum Gasteiger partial charge on any atom is -0.495 e. The number of piperidine rings is 1. The van der Waals surface area contributed by atoms with Crippen molar-refractivity contribution in [2.24, 2.45) is 13.0 Å². The number of ether oxygens (including phenoxy) is 1. The number of hydrogen-bond donors (Lipinski definition) is 1. The first kappa shape index (κ1) is 18.0. The number of rotatable bonds is 4. The zero-order valence-corrected chi connectivity index (χ0v) is 15.4. The largest absolute Gasteiger partial charge is 0.495 e. The summed E-state index contributed by atoms with van der Waals surface area (Å²) in [6.07, 6.45) is 1.72. The van der Waals surface area contributed by atoms with Crippen molar-refractivity contribution in [2.45, 2.75) is 19.8 Å². The van der Waals surface area contributed by atoms with Gasteiger partial charge >= 0.3 is 0 Å². The van der Waals surface area contributed by atoms with Gasteiger partial charge in [-0.3, -0.25) is 9.59 Å². The predicted octanol–water partition coefficient (Wildman–Crippen LogP) is 1.95. The zero-order chi connectivity index (χ0) is 18.7. The van der Waals surface area contributed by atoms with Crippen molar-refractivity contribution >= 4 is 17.4 Å². The monoisotopic (exact) mass is 356 g/mol. The molecular weight excluding hydrogens is 332 g/mol. The number of aromatic nitrogens is 2. The molecule has 7 nitrogen and oxygen atoms in total. The van der Waals surface area contributed by atoms with Gasteiger partial charge in [0.2, 0.25) is 5.91 Å². The topological polar surface area (TPSA) is 76.5 Å². The van der Waals surface area contributed by atoms with Crippen LogP contribution < -0.4 is 20.5 Å². The van der Waals surface area contributed by atoms with Gasteiger partial charge in [-0.15, -0.1) is 0 Å². The number of nitrogens with zero attached hydrogens (tertiary/aromatic N) is 3. The second kappa shape index (κ2) is 7.59. The van der Waals surface area contributed by atoms with Crippen LogP contribution in [0.25, 0.3) is 0 Å². The molecule has 2 heterocycles. The van der Waals surface area contributed by atoms with Gasteiger partial charge in [0.25, 0.3) is 5.56 Å². The number of hydrogen-bond acceptors (Lipinski definition) is 5. The summed E-state index contributed by atoms with van der Waals surface area (Å²) in [6, 6.07) is 8.93. The minimum absolute atomic E-state index is 0.0246. The molecule has 1 amide bonds. The Morgan fingerprint density at radius 2 is 2.12 bits per heavy atom. The molecule has 0 saturated carbocycles. The van der Waals surface area contributed by atoms with E-state index in [0.717, 1.165) is 30.8 Å². The molecule has 3 rings (SSSR count). The molecule has 1 aliphatic heterocycles. The van der Waals surface area contributed by atoms with Gasteiger partial charge in [0.05, 0.1) is 18.7 Å². The Kier molecular flexibility index (Phi) is 5.25. The van der Waals surface area contributed by atoms with E-state index in [2.05, 4.69) is 15.3 Å².